The van der Waals surface area contributed by atoms with E-state index >= 15 is 0 Å². The van der Waals surface area contributed by atoms with Crippen LogP contribution in [0.5, 0.6) is 0 Å². The average Bonchev–Trinajstić information content (AvgIpc) is 2.66. The molecule has 3 rings (SSSR count). The van der Waals surface area contributed by atoms with Crippen LogP contribution in [-0.4, -0.2) is 22.8 Å². The van der Waals surface area contributed by atoms with Crippen molar-refractivity contribution in [2.24, 2.45) is 0 Å². The van der Waals surface area contributed by atoms with Crippen LogP contribution in [-0.2, 0) is 4.74 Å². The molecule has 1 aliphatic rings. The van der Waals surface area contributed by atoms with Gasteiger partial charge in [-0.15, -0.1) is 0 Å². The van der Waals surface area contributed by atoms with Crippen LogP contribution in [0.2, 0.25) is 0 Å². The largest absolute Gasteiger partial charge is 0.379 e. The van der Waals surface area contributed by atoms with E-state index in [4.69, 9.17) is 10.5 Å². The molecule has 2 aromatic rings. The van der Waals surface area contributed by atoms with Gasteiger partial charge in [0.2, 0.25) is 5.95 Å². The molecule has 1 fully saturated rings. The maximum atomic E-state index is 5.98. The first-order chi connectivity index (χ1) is 7.86. The van der Waals surface area contributed by atoms with Crippen molar-refractivity contribution in [2.45, 2.75) is 18.9 Å². The Kier molecular flexibility index (Phi) is 2.29. The highest BCUT2D eigenvalue weighted by Crippen LogP contribution is 2.27. The monoisotopic (exact) mass is 217 g/mol. The van der Waals surface area contributed by atoms with E-state index in [2.05, 4.69) is 15.6 Å². The number of aromatic nitrogens is 2. The lowest BCUT2D eigenvalue weighted by molar-refractivity contribution is 0.0611. The molecular weight excluding hydrogens is 202 g/mol. The van der Waals surface area contributed by atoms with E-state index in [1.807, 2.05) is 18.2 Å². The zero-order valence-electron chi connectivity index (χ0n) is 9.10. The minimum absolute atomic E-state index is 0.334. The zero-order valence-corrected chi connectivity index (χ0v) is 9.10. The maximum absolute atomic E-state index is 5.98. The van der Waals surface area contributed by atoms with Gasteiger partial charge in [0.15, 0.2) is 0 Å². The van der Waals surface area contributed by atoms with Gasteiger partial charge in [0.1, 0.15) is 0 Å². The normalized spacial score (nSPS) is 21.4. The van der Waals surface area contributed by atoms with Crippen molar-refractivity contribution in [3.05, 3.63) is 24.3 Å². The van der Waals surface area contributed by atoms with E-state index in [9.17, 15) is 0 Å². The third-order valence-corrected chi connectivity index (χ3v) is 3.12. The Morgan fingerprint density at radius 2 is 2.25 bits per heavy atom. The molecule has 16 heavy (non-hydrogen) atoms. The van der Waals surface area contributed by atoms with Gasteiger partial charge in [-0.05, 0) is 25.0 Å². The first-order valence-corrected chi connectivity index (χ1v) is 5.66. The summed E-state index contributed by atoms with van der Waals surface area (Å²) in [5.41, 5.74) is 8.05. The summed E-state index contributed by atoms with van der Waals surface area (Å²) >= 11 is 0. The SMILES string of the molecule is Nc1nc2ccccc2n1[C@@H]1CCCOC1. The number of imidazole rings is 1. The Labute approximate surface area is 94.0 Å². The molecule has 0 amide bonds. The molecule has 4 heteroatoms. The number of benzene rings is 1. The van der Waals surface area contributed by atoms with Crippen LogP contribution >= 0.6 is 0 Å². The Morgan fingerprint density at radius 1 is 1.38 bits per heavy atom. The highest BCUT2D eigenvalue weighted by atomic mass is 16.5. The molecule has 0 aliphatic carbocycles. The van der Waals surface area contributed by atoms with E-state index in [-0.39, 0.29) is 0 Å². The minimum atomic E-state index is 0.334. The Balaban J connectivity index is 2.10. The summed E-state index contributed by atoms with van der Waals surface area (Å²) < 4.78 is 7.61. The van der Waals surface area contributed by atoms with Crippen molar-refractivity contribution < 1.29 is 4.74 Å². The molecular formula is C12H15N3O. The molecule has 1 atom stereocenters. The minimum Gasteiger partial charge on any atom is -0.379 e. The Bertz CT molecular complexity index is 500. The van der Waals surface area contributed by atoms with Gasteiger partial charge in [0.25, 0.3) is 0 Å². The number of nitrogen functional groups attached to an aromatic ring is 1. The van der Waals surface area contributed by atoms with Crippen LogP contribution < -0.4 is 5.73 Å². The number of hydrogen-bond acceptors (Lipinski definition) is 3. The second kappa shape index (κ2) is 3.79. The summed E-state index contributed by atoms with van der Waals surface area (Å²) in [6.45, 7) is 1.60. The zero-order chi connectivity index (χ0) is 11.0. The smallest absolute Gasteiger partial charge is 0.201 e. The molecule has 1 saturated heterocycles. The maximum Gasteiger partial charge on any atom is 0.201 e. The molecule has 0 saturated carbocycles. The predicted octanol–water partition coefficient (Wildman–Crippen LogP) is 1.97. The lowest BCUT2D eigenvalue weighted by atomic mass is 10.1. The molecule has 0 spiro atoms. The van der Waals surface area contributed by atoms with Gasteiger partial charge in [0.05, 0.1) is 23.7 Å². The summed E-state index contributed by atoms with van der Waals surface area (Å²) in [4.78, 5) is 4.37. The number of para-hydroxylation sites is 2. The molecule has 2 heterocycles. The molecule has 84 valence electrons. The topological polar surface area (TPSA) is 53.1 Å². The first kappa shape index (κ1) is 9.66. The number of rotatable bonds is 1. The number of ether oxygens (including phenoxy) is 1. The summed E-state index contributed by atoms with van der Waals surface area (Å²) in [5.74, 6) is 0.594. The molecule has 1 aliphatic heterocycles. The Morgan fingerprint density at radius 3 is 3.06 bits per heavy atom. The van der Waals surface area contributed by atoms with Crippen LogP contribution in [0.1, 0.15) is 18.9 Å². The number of nitrogens with two attached hydrogens (primary N) is 1. The number of anilines is 1. The van der Waals surface area contributed by atoms with E-state index in [0.717, 1.165) is 37.1 Å². The molecule has 0 radical (unpaired) electrons. The van der Waals surface area contributed by atoms with Gasteiger partial charge in [-0.25, -0.2) is 4.98 Å². The summed E-state index contributed by atoms with van der Waals surface area (Å²) in [7, 11) is 0. The average molecular weight is 217 g/mol. The standard InChI is InChI=1S/C12H15N3O/c13-12-14-10-5-1-2-6-11(10)15(12)9-4-3-7-16-8-9/h1-2,5-6,9H,3-4,7-8H2,(H2,13,14)/t9-/m1/s1. The fourth-order valence-corrected chi connectivity index (χ4v) is 2.37. The van der Waals surface area contributed by atoms with Crippen molar-refractivity contribution in [3.63, 3.8) is 0 Å². The van der Waals surface area contributed by atoms with Gasteiger partial charge in [-0.2, -0.15) is 0 Å². The molecule has 1 aromatic heterocycles. The van der Waals surface area contributed by atoms with E-state index in [1.54, 1.807) is 0 Å². The quantitative estimate of drug-likeness (QED) is 0.794. The van der Waals surface area contributed by atoms with E-state index < -0.39 is 0 Å². The van der Waals surface area contributed by atoms with Crippen molar-refractivity contribution in [3.8, 4) is 0 Å². The number of nitrogens with zero attached hydrogens (tertiary/aromatic N) is 2. The first-order valence-electron chi connectivity index (χ1n) is 5.66. The molecule has 1 aromatic carbocycles. The molecule has 4 nitrogen and oxygen atoms in total. The van der Waals surface area contributed by atoms with Crippen molar-refractivity contribution in [1.82, 2.24) is 9.55 Å². The predicted molar refractivity (Wildman–Crippen MR) is 63.2 cm³/mol. The summed E-state index contributed by atoms with van der Waals surface area (Å²) in [6.07, 6.45) is 2.21. The lowest BCUT2D eigenvalue weighted by Gasteiger charge is -2.24. The second-order valence-corrected chi connectivity index (χ2v) is 4.20. The van der Waals surface area contributed by atoms with Gasteiger partial charge < -0.3 is 15.0 Å². The summed E-state index contributed by atoms with van der Waals surface area (Å²) in [6, 6.07) is 8.39. The third-order valence-electron chi connectivity index (χ3n) is 3.12. The third kappa shape index (κ3) is 1.46. The van der Waals surface area contributed by atoms with Crippen LogP contribution in [0.15, 0.2) is 24.3 Å². The molecule has 0 bridgehead atoms. The van der Waals surface area contributed by atoms with Crippen LogP contribution in [0.3, 0.4) is 0 Å². The fourth-order valence-electron chi connectivity index (χ4n) is 2.37. The van der Waals surface area contributed by atoms with Crippen molar-refractivity contribution >= 4 is 17.0 Å². The van der Waals surface area contributed by atoms with Gasteiger partial charge in [0, 0.05) is 6.61 Å². The van der Waals surface area contributed by atoms with Gasteiger partial charge >= 0.3 is 0 Å². The lowest BCUT2D eigenvalue weighted by Crippen LogP contribution is -2.22. The number of hydrogen-bond donors (Lipinski definition) is 1. The van der Waals surface area contributed by atoms with Crippen molar-refractivity contribution in [2.75, 3.05) is 18.9 Å². The fraction of sp³-hybridized carbons (Fsp3) is 0.417. The highest BCUT2D eigenvalue weighted by molar-refractivity contribution is 5.78. The number of fused-ring (bicyclic) bond motifs is 1. The van der Waals surface area contributed by atoms with Crippen LogP contribution in [0.25, 0.3) is 11.0 Å². The van der Waals surface area contributed by atoms with E-state index in [0.29, 0.717) is 12.0 Å². The van der Waals surface area contributed by atoms with Gasteiger partial charge in [-0.1, -0.05) is 12.1 Å². The van der Waals surface area contributed by atoms with E-state index in [1.165, 1.54) is 0 Å². The molecule has 0 unspecified atom stereocenters. The van der Waals surface area contributed by atoms with Crippen molar-refractivity contribution in [1.29, 1.82) is 0 Å². The van der Waals surface area contributed by atoms with Crippen LogP contribution in [0.4, 0.5) is 5.95 Å². The highest BCUT2D eigenvalue weighted by Gasteiger charge is 2.20. The van der Waals surface area contributed by atoms with Gasteiger partial charge in [-0.3, -0.25) is 0 Å². The van der Waals surface area contributed by atoms with Crippen LogP contribution in [0, 0.1) is 0 Å². The summed E-state index contributed by atoms with van der Waals surface area (Å²) in [5, 5.41) is 0. The Hall–Kier alpha value is -1.55. The molecule has 2 N–H and O–H groups in total. The second-order valence-electron chi connectivity index (χ2n) is 4.20.